The summed E-state index contributed by atoms with van der Waals surface area (Å²) in [5.74, 6) is 0.997. The Morgan fingerprint density at radius 3 is 2.65 bits per heavy atom. The van der Waals surface area contributed by atoms with Crippen molar-refractivity contribution in [2.75, 3.05) is 11.9 Å². The molecule has 4 saturated carbocycles. The summed E-state index contributed by atoms with van der Waals surface area (Å²) in [6, 6.07) is 5.43. The highest BCUT2D eigenvalue weighted by molar-refractivity contribution is 7.80. The maximum Gasteiger partial charge on any atom is 0.312 e. The number of anilines is 1. The van der Waals surface area contributed by atoms with Gasteiger partial charge in [-0.3, -0.25) is 10.2 Å². The van der Waals surface area contributed by atoms with Crippen molar-refractivity contribution in [1.82, 2.24) is 5.43 Å². The van der Waals surface area contributed by atoms with Crippen LogP contribution in [0.2, 0.25) is 10.0 Å². The Bertz CT molecular complexity index is 1140. The van der Waals surface area contributed by atoms with Crippen LogP contribution in [-0.4, -0.2) is 23.4 Å². The number of hydrogen-bond donors (Lipinski definition) is 2. The summed E-state index contributed by atoms with van der Waals surface area (Å²) in [6.07, 6.45) is 9.98. The molecule has 4 fully saturated rings. The van der Waals surface area contributed by atoms with Gasteiger partial charge in [0.2, 0.25) is 0 Å². The zero-order chi connectivity index (χ0) is 26.6. The molecule has 2 N–H and O–H groups in total. The van der Waals surface area contributed by atoms with E-state index < -0.39 is 0 Å². The number of fused-ring (bicyclic) bond motifs is 3. The second-order valence-electron chi connectivity index (χ2n) is 12.7. The molecule has 1 aromatic carbocycles. The van der Waals surface area contributed by atoms with Crippen molar-refractivity contribution < 1.29 is 9.53 Å². The van der Waals surface area contributed by atoms with Gasteiger partial charge in [0, 0.05) is 11.1 Å². The lowest BCUT2D eigenvalue weighted by Crippen LogP contribution is -2.58. The molecule has 5 nitrogen and oxygen atoms in total. The van der Waals surface area contributed by atoms with Crippen LogP contribution < -0.4 is 10.7 Å². The first-order valence-electron chi connectivity index (χ1n) is 13.7. The van der Waals surface area contributed by atoms with Gasteiger partial charge in [-0.25, -0.2) is 0 Å². The first kappa shape index (κ1) is 27.2. The summed E-state index contributed by atoms with van der Waals surface area (Å²) >= 11 is 18.0. The first-order chi connectivity index (χ1) is 17.5. The zero-order valence-electron chi connectivity index (χ0n) is 22.4. The molecule has 0 aromatic heterocycles. The molecule has 0 unspecified atom stereocenters. The number of nitrogens with one attached hydrogen (secondary N) is 2. The minimum absolute atomic E-state index is 0.0150. The van der Waals surface area contributed by atoms with Gasteiger partial charge in [-0.2, -0.15) is 5.10 Å². The summed E-state index contributed by atoms with van der Waals surface area (Å²) in [4.78, 5) is 13.2. The lowest BCUT2D eigenvalue weighted by molar-refractivity contribution is -0.187. The number of thiocarbonyl (C=S) groups is 1. The van der Waals surface area contributed by atoms with Crippen LogP contribution in [0.1, 0.15) is 85.5 Å². The molecule has 2 bridgehead atoms. The van der Waals surface area contributed by atoms with Gasteiger partial charge in [-0.1, -0.05) is 49.5 Å². The molecular weight excluding hydrogens is 525 g/mol. The highest BCUT2D eigenvalue weighted by Crippen LogP contribution is 2.73. The molecule has 6 atom stereocenters. The van der Waals surface area contributed by atoms with Gasteiger partial charge in [0.1, 0.15) is 0 Å². The van der Waals surface area contributed by atoms with Crippen LogP contribution in [0.25, 0.3) is 0 Å². The number of hydrazone groups is 1. The quantitative estimate of drug-likeness (QED) is 0.220. The van der Waals surface area contributed by atoms with Gasteiger partial charge in [0.05, 0.1) is 27.8 Å². The highest BCUT2D eigenvalue weighted by Gasteiger charge is 2.67. The van der Waals surface area contributed by atoms with Crippen LogP contribution in [-0.2, 0) is 9.53 Å². The van der Waals surface area contributed by atoms with E-state index in [0.717, 1.165) is 38.5 Å². The average molecular weight is 565 g/mol. The van der Waals surface area contributed by atoms with E-state index in [4.69, 9.17) is 45.3 Å². The zero-order valence-corrected chi connectivity index (χ0v) is 24.7. The van der Waals surface area contributed by atoms with E-state index in [1.807, 2.05) is 19.1 Å². The van der Waals surface area contributed by atoms with Crippen molar-refractivity contribution >= 4 is 57.9 Å². The third kappa shape index (κ3) is 4.39. The van der Waals surface area contributed by atoms with E-state index >= 15 is 0 Å². The van der Waals surface area contributed by atoms with Crippen LogP contribution in [0.15, 0.2) is 23.3 Å². The Hall–Kier alpha value is -1.37. The number of halogens is 2. The number of ether oxygens (including phenoxy) is 1. The molecule has 0 radical (unpaired) electrons. The minimum atomic E-state index is -0.373. The SMILES string of the molecule is CCOC(=O)[C@]1(C)CCC[C@@]2(C)[C@@H]3CC[C@@]4(C)C[C@]3(CC[C@@H]21)C/C4=N\NC(=S)Nc1cccc(Cl)c1Cl. The Labute approximate surface area is 236 Å². The van der Waals surface area contributed by atoms with Crippen molar-refractivity contribution in [3.05, 3.63) is 28.2 Å². The lowest BCUT2D eigenvalue weighted by atomic mass is 9.40. The average Bonchev–Trinajstić information content (AvgIpc) is 3.05. The van der Waals surface area contributed by atoms with Crippen molar-refractivity contribution in [2.45, 2.75) is 85.5 Å². The molecule has 8 heteroatoms. The number of nitrogens with zero attached hydrogens (tertiary/aromatic N) is 1. The third-order valence-corrected chi connectivity index (χ3v) is 11.6. The molecule has 37 heavy (non-hydrogen) atoms. The molecule has 1 spiro atoms. The predicted molar refractivity (Wildman–Crippen MR) is 155 cm³/mol. The van der Waals surface area contributed by atoms with E-state index in [1.165, 1.54) is 25.0 Å². The Balaban J connectivity index is 1.36. The van der Waals surface area contributed by atoms with E-state index in [2.05, 4.69) is 31.5 Å². The standard InChI is InChI=1S/C29H39Cl2N3O2S/c1-5-36-24(35)28(4)13-7-12-27(3)20(28)11-15-29-16-22(26(2,17-29)14-10-21(27)29)33-34-25(37)32-19-9-6-8-18(30)23(19)31/h6,8-9,20-21H,5,7,10-17H2,1-4H3,(H2,32,34,37)/b33-22+/t20-,21-,26-,27+,28+,29-/m0/s1. The number of carbonyl (C=O) groups excluding carboxylic acids is 1. The molecule has 0 aliphatic heterocycles. The second-order valence-corrected chi connectivity index (χ2v) is 13.9. The summed E-state index contributed by atoms with van der Waals surface area (Å²) in [7, 11) is 0. The Morgan fingerprint density at radius 2 is 1.89 bits per heavy atom. The van der Waals surface area contributed by atoms with Crippen molar-refractivity contribution in [2.24, 2.45) is 38.6 Å². The van der Waals surface area contributed by atoms with Gasteiger partial charge < -0.3 is 10.1 Å². The van der Waals surface area contributed by atoms with Gasteiger partial charge in [-0.05, 0) is 112 Å². The molecule has 0 saturated heterocycles. The molecule has 202 valence electrons. The van der Waals surface area contributed by atoms with E-state index in [1.54, 1.807) is 6.07 Å². The van der Waals surface area contributed by atoms with Gasteiger partial charge >= 0.3 is 5.97 Å². The van der Waals surface area contributed by atoms with E-state index in [9.17, 15) is 4.79 Å². The van der Waals surface area contributed by atoms with Crippen LogP contribution in [0.4, 0.5) is 5.69 Å². The van der Waals surface area contributed by atoms with Crippen molar-refractivity contribution in [1.29, 1.82) is 0 Å². The summed E-state index contributed by atoms with van der Waals surface area (Å²) in [5, 5.41) is 9.35. The molecule has 4 aliphatic carbocycles. The van der Waals surface area contributed by atoms with Gasteiger partial charge in [-0.15, -0.1) is 0 Å². The van der Waals surface area contributed by atoms with Gasteiger partial charge in [0.15, 0.2) is 5.11 Å². The normalized spacial score (nSPS) is 39.5. The molecule has 1 aromatic rings. The smallest absolute Gasteiger partial charge is 0.312 e. The monoisotopic (exact) mass is 563 g/mol. The lowest BCUT2D eigenvalue weighted by Gasteiger charge is -2.64. The number of benzene rings is 1. The Morgan fingerprint density at radius 1 is 1.14 bits per heavy atom. The summed E-state index contributed by atoms with van der Waals surface area (Å²) in [5.41, 5.74) is 5.10. The van der Waals surface area contributed by atoms with Gasteiger partial charge in [0.25, 0.3) is 0 Å². The third-order valence-electron chi connectivity index (χ3n) is 10.6. The molecule has 4 aliphatic rings. The van der Waals surface area contributed by atoms with E-state index in [0.29, 0.717) is 39.3 Å². The predicted octanol–water partition coefficient (Wildman–Crippen LogP) is 8.00. The Kier molecular flexibility index (Phi) is 7.11. The fourth-order valence-corrected chi connectivity index (χ4v) is 9.61. The maximum absolute atomic E-state index is 13.2. The molecule has 5 rings (SSSR count). The molecule has 0 heterocycles. The van der Waals surface area contributed by atoms with Crippen LogP contribution in [0, 0.1) is 33.5 Å². The topological polar surface area (TPSA) is 62.7 Å². The summed E-state index contributed by atoms with van der Waals surface area (Å²) < 4.78 is 5.62. The molecule has 0 amide bonds. The molecular formula is C29H39Cl2N3O2S. The van der Waals surface area contributed by atoms with Crippen LogP contribution in [0.3, 0.4) is 0 Å². The number of carbonyl (C=O) groups is 1. The highest BCUT2D eigenvalue weighted by atomic mass is 35.5. The number of esters is 1. The number of hydrogen-bond acceptors (Lipinski definition) is 4. The van der Waals surface area contributed by atoms with Crippen LogP contribution in [0.5, 0.6) is 0 Å². The fourth-order valence-electron chi connectivity index (χ4n) is 9.11. The maximum atomic E-state index is 13.2. The fraction of sp³-hybridized carbons (Fsp3) is 0.690. The minimum Gasteiger partial charge on any atom is -0.466 e. The summed E-state index contributed by atoms with van der Waals surface area (Å²) in [6.45, 7) is 9.42. The van der Waals surface area contributed by atoms with Crippen LogP contribution >= 0.6 is 35.4 Å². The van der Waals surface area contributed by atoms with E-state index in [-0.39, 0.29) is 27.6 Å². The number of rotatable bonds is 4. The first-order valence-corrected chi connectivity index (χ1v) is 14.9. The largest absolute Gasteiger partial charge is 0.466 e. The van der Waals surface area contributed by atoms with Crippen molar-refractivity contribution in [3.8, 4) is 0 Å². The van der Waals surface area contributed by atoms with Crippen molar-refractivity contribution in [3.63, 3.8) is 0 Å². The second kappa shape index (κ2) is 9.67.